The Morgan fingerprint density at radius 2 is 1.28 bits per heavy atom. The van der Waals surface area contributed by atoms with Gasteiger partial charge in [0, 0.05) is 12.0 Å². The number of hydrogen-bond donors (Lipinski definition) is 1. The van der Waals surface area contributed by atoms with E-state index < -0.39 is 0 Å². The van der Waals surface area contributed by atoms with Crippen molar-refractivity contribution in [1.82, 2.24) is 0 Å². The molecule has 0 unspecified atom stereocenters. The first-order valence-corrected chi connectivity index (χ1v) is 6.76. The molecule has 0 saturated heterocycles. The lowest BCUT2D eigenvalue weighted by Gasteiger charge is -2.15. The Balaban J connectivity index is 3.03. The van der Waals surface area contributed by atoms with Crippen molar-refractivity contribution in [3.05, 3.63) is 33.4 Å². The van der Waals surface area contributed by atoms with E-state index in [1.165, 1.54) is 33.4 Å². The van der Waals surface area contributed by atoms with Crippen LogP contribution in [0.15, 0.2) is 0 Å². The average molecular weight is 243 g/mol. The van der Waals surface area contributed by atoms with E-state index in [0.29, 0.717) is 0 Å². The SMILES string of the molecule is Cc1c(C)c(C)c(C#CCCCCN)c(C)c1C. The van der Waals surface area contributed by atoms with Gasteiger partial charge in [-0.3, -0.25) is 0 Å². The van der Waals surface area contributed by atoms with Crippen LogP contribution in [0.1, 0.15) is 52.6 Å². The summed E-state index contributed by atoms with van der Waals surface area (Å²) in [5.41, 5.74) is 13.5. The number of benzene rings is 1. The fraction of sp³-hybridized carbons (Fsp3) is 0.529. The van der Waals surface area contributed by atoms with Gasteiger partial charge < -0.3 is 5.73 Å². The molecule has 1 nitrogen and oxygen atoms in total. The second kappa shape index (κ2) is 6.61. The molecule has 0 spiro atoms. The van der Waals surface area contributed by atoms with Gasteiger partial charge in [-0.05, 0) is 81.8 Å². The van der Waals surface area contributed by atoms with Gasteiger partial charge in [-0.1, -0.05) is 11.8 Å². The Morgan fingerprint density at radius 3 is 1.78 bits per heavy atom. The first-order chi connectivity index (χ1) is 8.50. The average Bonchev–Trinajstić information content (AvgIpc) is 2.37. The molecule has 0 aliphatic rings. The molecule has 0 aliphatic carbocycles. The number of unbranched alkanes of at least 4 members (excludes halogenated alkanes) is 2. The van der Waals surface area contributed by atoms with E-state index in [1.807, 2.05) is 0 Å². The molecule has 18 heavy (non-hydrogen) atoms. The molecule has 0 atom stereocenters. The lowest BCUT2D eigenvalue weighted by atomic mass is 9.90. The number of hydrogen-bond acceptors (Lipinski definition) is 1. The predicted molar refractivity (Wildman–Crippen MR) is 79.9 cm³/mol. The third kappa shape index (κ3) is 3.15. The minimum absolute atomic E-state index is 0.766. The normalized spacial score (nSPS) is 10.1. The number of nitrogens with two attached hydrogens (primary N) is 1. The van der Waals surface area contributed by atoms with Crippen LogP contribution in [0.5, 0.6) is 0 Å². The first kappa shape index (κ1) is 14.8. The van der Waals surface area contributed by atoms with Gasteiger partial charge in [0.05, 0.1) is 0 Å². The summed E-state index contributed by atoms with van der Waals surface area (Å²) in [6.45, 7) is 11.7. The van der Waals surface area contributed by atoms with E-state index in [-0.39, 0.29) is 0 Å². The molecule has 2 N–H and O–H groups in total. The molecule has 1 aromatic carbocycles. The van der Waals surface area contributed by atoms with E-state index in [9.17, 15) is 0 Å². The molecule has 0 aromatic heterocycles. The van der Waals surface area contributed by atoms with E-state index in [0.717, 1.165) is 25.8 Å². The van der Waals surface area contributed by atoms with Gasteiger partial charge in [-0.15, -0.1) is 0 Å². The van der Waals surface area contributed by atoms with Gasteiger partial charge >= 0.3 is 0 Å². The Bertz CT molecular complexity index is 458. The van der Waals surface area contributed by atoms with E-state index >= 15 is 0 Å². The fourth-order valence-electron chi connectivity index (χ4n) is 2.20. The monoisotopic (exact) mass is 243 g/mol. The summed E-state index contributed by atoms with van der Waals surface area (Å²) in [5.74, 6) is 6.64. The predicted octanol–water partition coefficient (Wildman–Crippen LogP) is 3.71. The van der Waals surface area contributed by atoms with Crippen molar-refractivity contribution in [2.24, 2.45) is 5.73 Å². The van der Waals surface area contributed by atoms with Gasteiger partial charge in [0.15, 0.2) is 0 Å². The third-order valence-corrected chi connectivity index (χ3v) is 3.97. The highest BCUT2D eigenvalue weighted by Crippen LogP contribution is 2.25. The summed E-state index contributed by atoms with van der Waals surface area (Å²) in [6, 6.07) is 0. The molecule has 0 bridgehead atoms. The van der Waals surface area contributed by atoms with Gasteiger partial charge in [-0.25, -0.2) is 0 Å². The molecule has 0 fully saturated rings. The van der Waals surface area contributed by atoms with Crippen LogP contribution in [0.3, 0.4) is 0 Å². The molecule has 0 saturated carbocycles. The lowest BCUT2D eigenvalue weighted by Crippen LogP contribution is -2.00. The summed E-state index contributed by atoms with van der Waals surface area (Å²) in [6.07, 6.45) is 3.12. The van der Waals surface area contributed by atoms with Crippen molar-refractivity contribution in [3.63, 3.8) is 0 Å². The molecule has 0 amide bonds. The Morgan fingerprint density at radius 1 is 0.778 bits per heavy atom. The molecule has 1 heteroatoms. The zero-order valence-corrected chi connectivity index (χ0v) is 12.4. The Kier molecular flexibility index (Phi) is 5.44. The maximum absolute atomic E-state index is 5.48. The zero-order chi connectivity index (χ0) is 13.7. The third-order valence-electron chi connectivity index (χ3n) is 3.97. The van der Waals surface area contributed by atoms with Crippen LogP contribution in [-0.4, -0.2) is 6.54 Å². The van der Waals surface area contributed by atoms with Crippen molar-refractivity contribution >= 4 is 0 Å². The second-order valence-electron chi connectivity index (χ2n) is 5.05. The van der Waals surface area contributed by atoms with Crippen LogP contribution in [0.4, 0.5) is 0 Å². The molecule has 1 rings (SSSR count). The summed E-state index contributed by atoms with van der Waals surface area (Å²) >= 11 is 0. The van der Waals surface area contributed by atoms with Gasteiger partial charge in [0.25, 0.3) is 0 Å². The van der Waals surface area contributed by atoms with Crippen LogP contribution in [-0.2, 0) is 0 Å². The van der Waals surface area contributed by atoms with Crippen LogP contribution >= 0.6 is 0 Å². The maximum atomic E-state index is 5.48. The summed E-state index contributed by atoms with van der Waals surface area (Å²) in [7, 11) is 0. The zero-order valence-electron chi connectivity index (χ0n) is 12.4. The van der Waals surface area contributed by atoms with E-state index in [1.54, 1.807) is 0 Å². The molecule has 98 valence electrons. The molecule has 0 aliphatic heterocycles. The molecular weight excluding hydrogens is 218 g/mol. The van der Waals surface area contributed by atoms with Crippen molar-refractivity contribution < 1.29 is 0 Å². The van der Waals surface area contributed by atoms with Crippen molar-refractivity contribution in [2.75, 3.05) is 6.54 Å². The van der Waals surface area contributed by atoms with Gasteiger partial charge in [0.1, 0.15) is 0 Å². The highest BCUT2D eigenvalue weighted by atomic mass is 14.5. The molecule has 0 heterocycles. The largest absolute Gasteiger partial charge is 0.330 e. The van der Waals surface area contributed by atoms with Gasteiger partial charge in [-0.2, -0.15) is 0 Å². The van der Waals surface area contributed by atoms with Crippen molar-refractivity contribution in [2.45, 2.75) is 53.9 Å². The van der Waals surface area contributed by atoms with Gasteiger partial charge in [0.2, 0.25) is 0 Å². The van der Waals surface area contributed by atoms with Crippen LogP contribution in [0.2, 0.25) is 0 Å². The highest BCUT2D eigenvalue weighted by molar-refractivity contribution is 5.56. The van der Waals surface area contributed by atoms with E-state index in [2.05, 4.69) is 46.5 Å². The second-order valence-corrected chi connectivity index (χ2v) is 5.05. The first-order valence-electron chi connectivity index (χ1n) is 6.76. The molecular formula is C17H25N. The summed E-state index contributed by atoms with van der Waals surface area (Å²) in [5, 5.41) is 0. The fourth-order valence-corrected chi connectivity index (χ4v) is 2.20. The lowest BCUT2D eigenvalue weighted by molar-refractivity contribution is 0.767. The molecule has 1 aromatic rings. The topological polar surface area (TPSA) is 26.0 Å². The van der Waals surface area contributed by atoms with Crippen LogP contribution < -0.4 is 5.73 Å². The van der Waals surface area contributed by atoms with Crippen molar-refractivity contribution in [1.29, 1.82) is 0 Å². The van der Waals surface area contributed by atoms with Crippen LogP contribution in [0.25, 0.3) is 0 Å². The van der Waals surface area contributed by atoms with Crippen molar-refractivity contribution in [3.8, 4) is 11.8 Å². The standard InChI is InChI=1S/C17H25N/c1-12-13(2)15(4)17(16(5)14(12)3)10-8-6-7-9-11-18/h6-7,9,11,18H2,1-5H3. The Hall–Kier alpha value is -1.26. The quantitative estimate of drug-likeness (QED) is 0.635. The summed E-state index contributed by atoms with van der Waals surface area (Å²) in [4.78, 5) is 0. The Labute approximate surface area is 112 Å². The minimum Gasteiger partial charge on any atom is -0.330 e. The maximum Gasteiger partial charge on any atom is 0.0309 e. The molecule has 0 radical (unpaired) electrons. The van der Waals surface area contributed by atoms with Crippen LogP contribution in [0, 0.1) is 46.5 Å². The van der Waals surface area contributed by atoms with E-state index in [4.69, 9.17) is 5.73 Å². The highest BCUT2D eigenvalue weighted by Gasteiger charge is 2.09. The summed E-state index contributed by atoms with van der Waals surface area (Å²) < 4.78 is 0. The number of rotatable bonds is 3. The minimum atomic E-state index is 0.766. The smallest absolute Gasteiger partial charge is 0.0309 e.